The third-order valence-electron chi connectivity index (χ3n) is 2.87. The summed E-state index contributed by atoms with van der Waals surface area (Å²) in [6, 6.07) is 0.837. The molecule has 0 saturated carbocycles. The average molecular weight is 295 g/mol. The molecule has 19 heavy (non-hydrogen) atoms. The van der Waals surface area contributed by atoms with Crippen molar-refractivity contribution in [3.8, 4) is 0 Å². The Hall–Kier alpha value is -1.27. The predicted octanol–water partition coefficient (Wildman–Crippen LogP) is 2.01. The van der Waals surface area contributed by atoms with Gasteiger partial charge >= 0.3 is 0 Å². The minimum atomic E-state index is -1.19. The van der Waals surface area contributed by atoms with Crippen LogP contribution in [0.1, 0.15) is 23.2 Å². The van der Waals surface area contributed by atoms with Crippen molar-refractivity contribution in [2.75, 3.05) is 13.1 Å². The molecule has 1 amide bonds. The van der Waals surface area contributed by atoms with Gasteiger partial charge in [-0.05, 0) is 19.4 Å². The third kappa shape index (κ3) is 3.84. The van der Waals surface area contributed by atoms with Crippen molar-refractivity contribution in [1.82, 2.24) is 10.6 Å². The van der Waals surface area contributed by atoms with E-state index in [1.807, 2.05) is 0 Å². The van der Waals surface area contributed by atoms with Crippen LogP contribution in [0.25, 0.3) is 0 Å². The van der Waals surface area contributed by atoms with Gasteiger partial charge in [0.25, 0.3) is 5.91 Å². The van der Waals surface area contributed by atoms with E-state index in [0.29, 0.717) is 18.7 Å². The molecule has 1 heterocycles. The second kappa shape index (κ2) is 6.77. The molecule has 0 unspecified atom stereocenters. The highest BCUT2D eigenvalue weighted by Gasteiger charge is 2.22. The van der Waals surface area contributed by atoms with Gasteiger partial charge in [0, 0.05) is 24.7 Å². The molecular formula is C12H14ClF3N2O. The molecule has 1 aliphatic heterocycles. The summed E-state index contributed by atoms with van der Waals surface area (Å²) in [5.74, 6) is -4.26. The molecule has 1 fully saturated rings. The maximum atomic E-state index is 13.4. The standard InChI is InChI=1S/C12H13F3N2O.ClH/c13-7-4-9(14)11(10(15)5-7)12(18)17-8-2-1-3-16-6-8;/h4-5,8,16H,1-3,6H2,(H,17,18);1H/t8-;/m1./s1. The fourth-order valence-electron chi connectivity index (χ4n) is 1.99. The van der Waals surface area contributed by atoms with Crippen LogP contribution < -0.4 is 10.6 Å². The zero-order valence-electron chi connectivity index (χ0n) is 10.0. The van der Waals surface area contributed by atoms with E-state index in [9.17, 15) is 18.0 Å². The Morgan fingerprint density at radius 3 is 2.42 bits per heavy atom. The van der Waals surface area contributed by atoms with E-state index in [1.54, 1.807) is 0 Å². The van der Waals surface area contributed by atoms with E-state index in [2.05, 4.69) is 10.6 Å². The largest absolute Gasteiger partial charge is 0.348 e. The van der Waals surface area contributed by atoms with Gasteiger partial charge in [-0.25, -0.2) is 13.2 Å². The summed E-state index contributed by atoms with van der Waals surface area (Å²) < 4.78 is 39.4. The van der Waals surface area contributed by atoms with Gasteiger partial charge in [0.05, 0.1) is 0 Å². The summed E-state index contributed by atoms with van der Waals surface area (Å²) in [5.41, 5.74) is -0.734. The van der Waals surface area contributed by atoms with Crippen molar-refractivity contribution in [1.29, 1.82) is 0 Å². The SMILES string of the molecule is Cl.O=C(N[C@@H]1CCCNC1)c1c(F)cc(F)cc1F. The van der Waals surface area contributed by atoms with Crippen LogP contribution in [0, 0.1) is 17.5 Å². The topological polar surface area (TPSA) is 41.1 Å². The monoisotopic (exact) mass is 294 g/mol. The number of hydrogen-bond acceptors (Lipinski definition) is 2. The minimum absolute atomic E-state index is 0. The molecule has 0 radical (unpaired) electrons. The molecule has 2 N–H and O–H groups in total. The summed E-state index contributed by atoms with van der Waals surface area (Å²) in [6.45, 7) is 1.43. The Morgan fingerprint density at radius 1 is 1.26 bits per heavy atom. The number of piperidine rings is 1. The lowest BCUT2D eigenvalue weighted by molar-refractivity contribution is 0.0922. The highest BCUT2D eigenvalue weighted by Crippen LogP contribution is 2.15. The predicted molar refractivity (Wildman–Crippen MR) is 66.9 cm³/mol. The first-order valence-corrected chi connectivity index (χ1v) is 5.74. The van der Waals surface area contributed by atoms with Crippen molar-refractivity contribution in [3.63, 3.8) is 0 Å². The van der Waals surface area contributed by atoms with Crippen LogP contribution in [0.3, 0.4) is 0 Å². The zero-order chi connectivity index (χ0) is 13.1. The van der Waals surface area contributed by atoms with Gasteiger partial charge in [0.15, 0.2) is 0 Å². The van der Waals surface area contributed by atoms with Crippen LogP contribution in [0.15, 0.2) is 12.1 Å². The van der Waals surface area contributed by atoms with E-state index in [-0.39, 0.29) is 18.4 Å². The molecular weight excluding hydrogens is 281 g/mol. The van der Waals surface area contributed by atoms with Crippen molar-refractivity contribution in [2.24, 2.45) is 0 Å². The average Bonchev–Trinajstić information content (AvgIpc) is 2.28. The minimum Gasteiger partial charge on any atom is -0.348 e. The van der Waals surface area contributed by atoms with Gasteiger partial charge in [-0.2, -0.15) is 0 Å². The number of benzene rings is 1. The van der Waals surface area contributed by atoms with E-state index in [0.717, 1.165) is 19.4 Å². The molecule has 0 bridgehead atoms. The van der Waals surface area contributed by atoms with Crippen molar-refractivity contribution >= 4 is 18.3 Å². The maximum Gasteiger partial charge on any atom is 0.257 e. The highest BCUT2D eigenvalue weighted by atomic mass is 35.5. The van der Waals surface area contributed by atoms with Crippen LogP contribution in [0.4, 0.5) is 13.2 Å². The van der Waals surface area contributed by atoms with Crippen molar-refractivity contribution in [3.05, 3.63) is 35.1 Å². The number of hydrogen-bond donors (Lipinski definition) is 2. The molecule has 0 aromatic heterocycles. The van der Waals surface area contributed by atoms with Crippen molar-refractivity contribution in [2.45, 2.75) is 18.9 Å². The number of carbonyl (C=O) groups excluding carboxylic acids is 1. The number of carbonyl (C=O) groups is 1. The molecule has 106 valence electrons. The van der Waals surface area contributed by atoms with Gasteiger partial charge in [-0.3, -0.25) is 4.79 Å². The second-order valence-corrected chi connectivity index (χ2v) is 4.26. The molecule has 0 aliphatic carbocycles. The van der Waals surface area contributed by atoms with Gasteiger partial charge in [0.2, 0.25) is 0 Å². The van der Waals surface area contributed by atoms with Gasteiger partial charge < -0.3 is 10.6 Å². The van der Waals surface area contributed by atoms with Gasteiger partial charge in [-0.1, -0.05) is 0 Å². The smallest absolute Gasteiger partial charge is 0.257 e. The maximum absolute atomic E-state index is 13.4. The van der Waals surface area contributed by atoms with Crippen LogP contribution in [0.2, 0.25) is 0 Å². The van der Waals surface area contributed by atoms with Crippen LogP contribution >= 0.6 is 12.4 Å². The molecule has 1 saturated heterocycles. The number of amides is 1. The summed E-state index contributed by atoms with van der Waals surface area (Å²) >= 11 is 0. The van der Waals surface area contributed by atoms with Crippen LogP contribution in [-0.2, 0) is 0 Å². The normalized spacial score (nSPS) is 18.6. The van der Waals surface area contributed by atoms with Gasteiger partial charge in [0.1, 0.15) is 23.0 Å². The van der Waals surface area contributed by atoms with Crippen LogP contribution in [0.5, 0.6) is 0 Å². The first kappa shape index (κ1) is 15.8. The Morgan fingerprint density at radius 2 is 1.89 bits per heavy atom. The van der Waals surface area contributed by atoms with E-state index in [1.165, 1.54) is 0 Å². The second-order valence-electron chi connectivity index (χ2n) is 4.26. The summed E-state index contributed by atoms with van der Waals surface area (Å²) in [7, 11) is 0. The Balaban J connectivity index is 0.00000180. The fourth-order valence-corrected chi connectivity index (χ4v) is 1.99. The van der Waals surface area contributed by atoms with Crippen LogP contribution in [-0.4, -0.2) is 25.0 Å². The molecule has 0 spiro atoms. The lowest BCUT2D eigenvalue weighted by Crippen LogP contribution is -2.46. The Kier molecular flexibility index (Phi) is 5.62. The molecule has 1 aromatic rings. The third-order valence-corrected chi connectivity index (χ3v) is 2.87. The van der Waals surface area contributed by atoms with E-state index >= 15 is 0 Å². The highest BCUT2D eigenvalue weighted by molar-refractivity contribution is 5.95. The van der Waals surface area contributed by atoms with Gasteiger partial charge in [-0.15, -0.1) is 12.4 Å². The molecule has 1 aromatic carbocycles. The zero-order valence-corrected chi connectivity index (χ0v) is 10.8. The lowest BCUT2D eigenvalue weighted by atomic mass is 10.1. The molecule has 3 nitrogen and oxygen atoms in total. The Labute approximate surface area is 115 Å². The van der Waals surface area contributed by atoms with Crippen molar-refractivity contribution < 1.29 is 18.0 Å². The van der Waals surface area contributed by atoms with E-state index in [4.69, 9.17) is 0 Å². The lowest BCUT2D eigenvalue weighted by Gasteiger charge is -2.23. The first-order chi connectivity index (χ1) is 8.58. The molecule has 1 atom stereocenters. The number of rotatable bonds is 2. The van der Waals surface area contributed by atoms with E-state index < -0.39 is 28.9 Å². The molecule has 2 rings (SSSR count). The summed E-state index contributed by atoms with van der Waals surface area (Å²) in [6.07, 6.45) is 1.64. The summed E-state index contributed by atoms with van der Waals surface area (Å²) in [5, 5.41) is 5.60. The number of nitrogens with one attached hydrogen (secondary N) is 2. The summed E-state index contributed by atoms with van der Waals surface area (Å²) in [4.78, 5) is 11.7. The quantitative estimate of drug-likeness (QED) is 0.876. The first-order valence-electron chi connectivity index (χ1n) is 5.74. The molecule has 1 aliphatic rings. The fraction of sp³-hybridized carbons (Fsp3) is 0.417. The Bertz CT molecular complexity index is 441. The molecule has 7 heteroatoms. The number of halogens is 4.